The number of hydrogen-bond acceptors (Lipinski definition) is 2. The first-order valence-electron chi connectivity index (χ1n) is 6.06. The highest BCUT2D eigenvalue weighted by atomic mass is 35.5. The Bertz CT molecular complexity index is 250. The van der Waals surface area contributed by atoms with E-state index >= 15 is 0 Å². The molecule has 1 unspecified atom stereocenters. The summed E-state index contributed by atoms with van der Waals surface area (Å²) in [5, 5.41) is 0. The average molecular weight is 293 g/mol. The summed E-state index contributed by atoms with van der Waals surface area (Å²) in [5.41, 5.74) is 0. The molecular weight excluding hydrogens is 271 g/mol. The Morgan fingerprint density at radius 2 is 1.83 bits per heavy atom. The summed E-state index contributed by atoms with van der Waals surface area (Å²) in [7, 11) is 1.62. The van der Waals surface area contributed by atoms with Gasteiger partial charge in [0.2, 0.25) is 0 Å². The van der Waals surface area contributed by atoms with E-state index in [1.165, 1.54) is 0 Å². The minimum atomic E-state index is 0.0781. The van der Waals surface area contributed by atoms with Crippen LogP contribution in [0.4, 0.5) is 0 Å². The lowest BCUT2D eigenvalue weighted by atomic mass is 10.1. The lowest BCUT2D eigenvalue weighted by molar-refractivity contribution is -0.0578. The number of ether oxygens (including phenoxy) is 2. The standard InChI is InChI=1S/C14H22Cl2O2/c1-17-13-18-14(10-6-4-8-12-16)9-5-2-3-7-11-15/h3-4,6-8,10,14H,2,5,9,11-13H2,1H3/b7-3-,8-4+,10-6+. The Balaban J connectivity index is 3.93. The summed E-state index contributed by atoms with van der Waals surface area (Å²) < 4.78 is 10.5. The predicted octanol–water partition coefficient (Wildman–Crippen LogP) is 4.29. The van der Waals surface area contributed by atoms with Crippen molar-refractivity contribution in [3.05, 3.63) is 36.5 Å². The zero-order valence-electron chi connectivity index (χ0n) is 10.9. The van der Waals surface area contributed by atoms with Gasteiger partial charge in [-0.1, -0.05) is 36.5 Å². The van der Waals surface area contributed by atoms with Gasteiger partial charge in [0, 0.05) is 18.9 Å². The third kappa shape index (κ3) is 12.2. The van der Waals surface area contributed by atoms with Crippen LogP contribution in [-0.2, 0) is 9.47 Å². The summed E-state index contributed by atoms with van der Waals surface area (Å²) in [4.78, 5) is 0. The van der Waals surface area contributed by atoms with E-state index in [2.05, 4.69) is 6.08 Å². The van der Waals surface area contributed by atoms with Crippen molar-refractivity contribution in [3.8, 4) is 0 Å². The van der Waals surface area contributed by atoms with Crippen LogP contribution in [0.3, 0.4) is 0 Å². The molecule has 1 atom stereocenters. The Hall–Kier alpha value is -0.280. The van der Waals surface area contributed by atoms with E-state index in [-0.39, 0.29) is 6.10 Å². The monoisotopic (exact) mass is 292 g/mol. The molecule has 0 aromatic rings. The Morgan fingerprint density at radius 3 is 2.50 bits per heavy atom. The first-order chi connectivity index (χ1) is 8.85. The second-order valence-electron chi connectivity index (χ2n) is 3.64. The first-order valence-corrected chi connectivity index (χ1v) is 7.12. The van der Waals surface area contributed by atoms with Crippen molar-refractivity contribution in [1.82, 2.24) is 0 Å². The molecule has 0 aliphatic carbocycles. The number of rotatable bonds is 11. The lowest BCUT2D eigenvalue weighted by Gasteiger charge is -2.12. The molecule has 0 rings (SSSR count). The van der Waals surface area contributed by atoms with Gasteiger partial charge in [-0.25, -0.2) is 0 Å². The second-order valence-corrected chi connectivity index (χ2v) is 4.25. The summed E-state index contributed by atoms with van der Waals surface area (Å²) in [6.07, 6.45) is 15.0. The smallest absolute Gasteiger partial charge is 0.147 e. The van der Waals surface area contributed by atoms with Gasteiger partial charge in [0.25, 0.3) is 0 Å². The molecule has 0 aliphatic heterocycles. The van der Waals surface area contributed by atoms with Crippen molar-refractivity contribution in [1.29, 1.82) is 0 Å². The number of halogens is 2. The second kappa shape index (κ2) is 14.8. The van der Waals surface area contributed by atoms with Crippen molar-refractivity contribution < 1.29 is 9.47 Å². The zero-order valence-corrected chi connectivity index (χ0v) is 12.4. The first kappa shape index (κ1) is 17.7. The molecule has 0 spiro atoms. The predicted molar refractivity (Wildman–Crippen MR) is 79.5 cm³/mol. The fraction of sp³-hybridized carbons (Fsp3) is 0.571. The van der Waals surface area contributed by atoms with Crippen LogP contribution in [0, 0.1) is 0 Å². The van der Waals surface area contributed by atoms with Crippen molar-refractivity contribution in [2.45, 2.75) is 25.4 Å². The maximum Gasteiger partial charge on any atom is 0.147 e. The van der Waals surface area contributed by atoms with Crippen LogP contribution in [0.15, 0.2) is 36.5 Å². The number of hydrogen-bond donors (Lipinski definition) is 0. The van der Waals surface area contributed by atoms with Gasteiger partial charge in [-0.05, 0) is 19.3 Å². The largest absolute Gasteiger partial charge is 0.359 e. The lowest BCUT2D eigenvalue weighted by Crippen LogP contribution is -2.11. The van der Waals surface area contributed by atoms with E-state index in [0.717, 1.165) is 19.3 Å². The Morgan fingerprint density at radius 1 is 1.06 bits per heavy atom. The maximum atomic E-state index is 5.55. The molecule has 2 nitrogen and oxygen atoms in total. The summed E-state index contributed by atoms with van der Waals surface area (Å²) >= 11 is 11.1. The van der Waals surface area contributed by atoms with E-state index < -0.39 is 0 Å². The normalized spacial score (nSPS) is 14.2. The quantitative estimate of drug-likeness (QED) is 0.186. The van der Waals surface area contributed by atoms with Gasteiger partial charge in [-0.3, -0.25) is 0 Å². The van der Waals surface area contributed by atoms with Gasteiger partial charge in [-0.2, -0.15) is 0 Å². The summed E-state index contributed by atoms with van der Waals surface area (Å²) in [5.74, 6) is 1.10. The zero-order chi connectivity index (χ0) is 13.5. The average Bonchev–Trinajstić information content (AvgIpc) is 2.39. The number of methoxy groups -OCH3 is 1. The molecule has 18 heavy (non-hydrogen) atoms. The minimum Gasteiger partial charge on any atom is -0.359 e. The van der Waals surface area contributed by atoms with Gasteiger partial charge in [0.05, 0.1) is 6.10 Å². The molecule has 0 amide bonds. The van der Waals surface area contributed by atoms with E-state index in [0.29, 0.717) is 18.6 Å². The van der Waals surface area contributed by atoms with Crippen LogP contribution in [0.25, 0.3) is 0 Å². The van der Waals surface area contributed by atoms with E-state index in [9.17, 15) is 0 Å². The van der Waals surface area contributed by atoms with E-state index in [4.69, 9.17) is 32.7 Å². The van der Waals surface area contributed by atoms with Gasteiger partial charge >= 0.3 is 0 Å². The molecule has 0 saturated heterocycles. The number of alkyl halides is 2. The highest BCUT2D eigenvalue weighted by molar-refractivity contribution is 6.19. The minimum absolute atomic E-state index is 0.0781. The van der Waals surface area contributed by atoms with Gasteiger partial charge in [0.15, 0.2) is 0 Å². The van der Waals surface area contributed by atoms with Gasteiger partial charge in [0.1, 0.15) is 6.79 Å². The molecule has 0 saturated carbocycles. The van der Waals surface area contributed by atoms with Gasteiger partial charge in [-0.15, -0.1) is 23.2 Å². The highest BCUT2D eigenvalue weighted by Gasteiger charge is 2.03. The van der Waals surface area contributed by atoms with Crippen LogP contribution in [0.2, 0.25) is 0 Å². The van der Waals surface area contributed by atoms with Crippen molar-refractivity contribution in [3.63, 3.8) is 0 Å². The Labute approximate surface area is 120 Å². The molecular formula is C14H22Cl2O2. The van der Waals surface area contributed by atoms with Crippen LogP contribution in [0.5, 0.6) is 0 Å². The third-order valence-electron chi connectivity index (χ3n) is 2.18. The molecule has 0 aromatic heterocycles. The Kier molecular flexibility index (Phi) is 14.5. The molecule has 0 N–H and O–H groups in total. The molecule has 104 valence electrons. The molecule has 0 heterocycles. The summed E-state index contributed by atoms with van der Waals surface area (Å²) in [6.45, 7) is 0.311. The molecule has 0 radical (unpaired) electrons. The SMILES string of the molecule is COCOC(/C=C/C=C/CCl)CCC/C=C\CCl. The fourth-order valence-corrected chi connectivity index (χ4v) is 1.56. The topological polar surface area (TPSA) is 18.5 Å². The summed E-state index contributed by atoms with van der Waals surface area (Å²) in [6, 6.07) is 0. The van der Waals surface area contributed by atoms with E-state index in [1.807, 2.05) is 30.4 Å². The number of allylic oxidation sites excluding steroid dienone is 5. The molecule has 0 fully saturated rings. The van der Waals surface area contributed by atoms with Crippen LogP contribution in [0.1, 0.15) is 19.3 Å². The molecule has 0 aromatic carbocycles. The molecule has 0 bridgehead atoms. The number of unbranched alkanes of at least 4 members (excludes halogenated alkanes) is 1. The van der Waals surface area contributed by atoms with Crippen molar-refractivity contribution in [2.24, 2.45) is 0 Å². The van der Waals surface area contributed by atoms with Crippen LogP contribution >= 0.6 is 23.2 Å². The van der Waals surface area contributed by atoms with Crippen molar-refractivity contribution >= 4 is 23.2 Å². The maximum absolute atomic E-state index is 5.55. The van der Waals surface area contributed by atoms with Crippen molar-refractivity contribution in [2.75, 3.05) is 25.7 Å². The van der Waals surface area contributed by atoms with Crippen LogP contribution < -0.4 is 0 Å². The van der Waals surface area contributed by atoms with E-state index in [1.54, 1.807) is 7.11 Å². The van der Waals surface area contributed by atoms with Gasteiger partial charge < -0.3 is 9.47 Å². The molecule has 4 heteroatoms. The fourth-order valence-electron chi connectivity index (χ4n) is 1.33. The molecule has 0 aliphatic rings. The van der Waals surface area contributed by atoms with Crippen LogP contribution in [-0.4, -0.2) is 31.8 Å². The third-order valence-corrected chi connectivity index (χ3v) is 2.53. The highest BCUT2D eigenvalue weighted by Crippen LogP contribution is 2.08.